The van der Waals surface area contributed by atoms with E-state index in [1.807, 2.05) is 29.8 Å². The zero-order chi connectivity index (χ0) is 11.5. The Bertz CT molecular complexity index is 477. The molecule has 0 spiro atoms. The summed E-state index contributed by atoms with van der Waals surface area (Å²) < 4.78 is 2.92. The van der Waals surface area contributed by atoms with Crippen molar-refractivity contribution in [2.24, 2.45) is 7.05 Å². The van der Waals surface area contributed by atoms with Crippen molar-refractivity contribution in [3.05, 3.63) is 34.6 Å². The van der Waals surface area contributed by atoms with Crippen LogP contribution in [0.1, 0.15) is 5.56 Å². The van der Waals surface area contributed by atoms with Gasteiger partial charge in [-0.2, -0.15) is 0 Å². The lowest BCUT2D eigenvalue weighted by Crippen LogP contribution is -1.95. The molecule has 0 aliphatic carbocycles. The molecule has 0 atom stereocenters. The first-order valence-corrected chi connectivity index (χ1v) is 6.46. The number of rotatable bonds is 3. The smallest absolute Gasteiger partial charge is 0.191 e. The third kappa shape index (κ3) is 2.38. The molecule has 2 rings (SSSR count). The predicted octanol–water partition coefficient (Wildman–Crippen LogP) is 2.45. The van der Waals surface area contributed by atoms with Crippen LogP contribution >= 0.6 is 27.7 Å². The van der Waals surface area contributed by atoms with Crippen LogP contribution in [-0.4, -0.2) is 14.8 Å². The largest absolute Gasteiger partial charge is 0.398 e. The second kappa shape index (κ2) is 4.88. The minimum atomic E-state index is 0.778. The highest BCUT2D eigenvalue weighted by molar-refractivity contribution is 9.10. The van der Waals surface area contributed by atoms with Crippen LogP contribution in [0.4, 0.5) is 5.69 Å². The standard InChI is InChI=1S/C10H11BrN4S/c1-15-6-13-14-10(15)16-5-7-8(11)3-2-4-9(7)12/h2-4,6H,5,12H2,1H3. The van der Waals surface area contributed by atoms with Crippen molar-refractivity contribution in [2.75, 3.05) is 5.73 Å². The summed E-state index contributed by atoms with van der Waals surface area (Å²) in [5, 5.41) is 8.72. The molecule has 1 heterocycles. The predicted molar refractivity (Wildman–Crippen MR) is 69.1 cm³/mol. The van der Waals surface area contributed by atoms with Gasteiger partial charge in [0.2, 0.25) is 0 Å². The van der Waals surface area contributed by atoms with E-state index in [4.69, 9.17) is 5.73 Å². The highest BCUT2D eigenvalue weighted by Gasteiger charge is 2.07. The molecule has 1 aromatic heterocycles. The van der Waals surface area contributed by atoms with E-state index in [1.165, 1.54) is 0 Å². The summed E-state index contributed by atoms with van der Waals surface area (Å²) in [6, 6.07) is 5.82. The van der Waals surface area contributed by atoms with Crippen LogP contribution in [0.25, 0.3) is 0 Å². The molecule has 4 nitrogen and oxygen atoms in total. The van der Waals surface area contributed by atoms with E-state index in [0.29, 0.717) is 0 Å². The van der Waals surface area contributed by atoms with Crippen molar-refractivity contribution < 1.29 is 0 Å². The fourth-order valence-corrected chi connectivity index (χ4v) is 2.93. The second-order valence-electron chi connectivity index (χ2n) is 3.32. The maximum Gasteiger partial charge on any atom is 0.191 e. The molecule has 0 amide bonds. The van der Waals surface area contributed by atoms with Gasteiger partial charge in [0, 0.05) is 23.0 Å². The summed E-state index contributed by atoms with van der Waals surface area (Å²) in [6.07, 6.45) is 1.69. The average molecular weight is 299 g/mol. The lowest BCUT2D eigenvalue weighted by molar-refractivity contribution is 0.788. The SMILES string of the molecule is Cn1cnnc1SCc1c(N)cccc1Br. The highest BCUT2D eigenvalue weighted by Crippen LogP contribution is 2.29. The van der Waals surface area contributed by atoms with Gasteiger partial charge in [0.15, 0.2) is 5.16 Å². The lowest BCUT2D eigenvalue weighted by atomic mass is 10.2. The number of nitrogen functional groups attached to an aromatic ring is 1. The molecule has 0 fully saturated rings. The molecule has 0 saturated heterocycles. The van der Waals surface area contributed by atoms with Crippen molar-refractivity contribution in [2.45, 2.75) is 10.9 Å². The fourth-order valence-electron chi connectivity index (χ4n) is 1.27. The monoisotopic (exact) mass is 298 g/mol. The Morgan fingerprint density at radius 3 is 2.94 bits per heavy atom. The molecule has 0 radical (unpaired) electrons. The molecule has 0 bridgehead atoms. The quantitative estimate of drug-likeness (QED) is 0.698. The van der Waals surface area contributed by atoms with Gasteiger partial charge in [-0.1, -0.05) is 33.8 Å². The molecule has 0 saturated carbocycles. The maximum absolute atomic E-state index is 5.91. The number of hydrogen-bond donors (Lipinski definition) is 1. The van der Waals surface area contributed by atoms with Crippen LogP contribution in [0.3, 0.4) is 0 Å². The van der Waals surface area contributed by atoms with Gasteiger partial charge in [-0.25, -0.2) is 0 Å². The van der Waals surface area contributed by atoms with Crippen LogP contribution in [0, 0.1) is 0 Å². The van der Waals surface area contributed by atoms with Gasteiger partial charge >= 0.3 is 0 Å². The summed E-state index contributed by atoms with van der Waals surface area (Å²) >= 11 is 5.11. The van der Waals surface area contributed by atoms with Gasteiger partial charge in [-0.3, -0.25) is 0 Å². The highest BCUT2D eigenvalue weighted by atomic mass is 79.9. The molecule has 0 aliphatic heterocycles. The Kier molecular flexibility index (Phi) is 3.50. The lowest BCUT2D eigenvalue weighted by Gasteiger charge is -2.07. The van der Waals surface area contributed by atoms with Gasteiger partial charge in [0.25, 0.3) is 0 Å². The minimum Gasteiger partial charge on any atom is -0.398 e. The summed E-state index contributed by atoms with van der Waals surface area (Å²) in [4.78, 5) is 0. The Hall–Kier alpha value is -1.01. The van der Waals surface area contributed by atoms with Crippen molar-refractivity contribution in [3.63, 3.8) is 0 Å². The second-order valence-corrected chi connectivity index (χ2v) is 5.12. The number of aromatic nitrogens is 3. The van der Waals surface area contributed by atoms with Gasteiger partial charge in [-0.05, 0) is 17.7 Å². The van der Waals surface area contributed by atoms with Crippen LogP contribution in [-0.2, 0) is 12.8 Å². The van der Waals surface area contributed by atoms with E-state index in [1.54, 1.807) is 18.1 Å². The molecule has 1 aromatic carbocycles. The van der Waals surface area contributed by atoms with E-state index in [-0.39, 0.29) is 0 Å². The van der Waals surface area contributed by atoms with Gasteiger partial charge in [-0.15, -0.1) is 10.2 Å². The number of halogens is 1. The minimum absolute atomic E-state index is 0.778. The molecule has 16 heavy (non-hydrogen) atoms. The number of hydrogen-bond acceptors (Lipinski definition) is 4. The molecule has 0 unspecified atom stereocenters. The van der Waals surface area contributed by atoms with Crippen LogP contribution in [0.5, 0.6) is 0 Å². The van der Waals surface area contributed by atoms with Crippen molar-refractivity contribution in [1.29, 1.82) is 0 Å². The zero-order valence-corrected chi connectivity index (χ0v) is 11.1. The Balaban J connectivity index is 2.14. The summed E-state index contributed by atoms with van der Waals surface area (Å²) in [5.74, 6) is 0.778. The molecular formula is C10H11BrN4S. The first-order chi connectivity index (χ1) is 7.68. The number of aryl methyl sites for hydroxylation is 1. The van der Waals surface area contributed by atoms with E-state index in [0.717, 1.165) is 26.6 Å². The average Bonchev–Trinajstić information content (AvgIpc) is 2.64. The van der Waals surface area contributed by atoms with E-state index >= 15 is 0 Å². The summed E-state index contributed by atoms with van der Waals surface area (Å²) in [7, 11) is 1.92. The summed E-state index contributed by atoms with van der Waals surface area (Å²) in [5.41, 5.74) is 7.80. The third-order valence-corrected chi connectivity index (χ3v) is 3.97. The number of nitrogens with two attached hydrogens (primary N) is 1. The van der Waals surface area contributed by atoms with Crippen molar-refractivity contribution in [1.82, 2.24) is 14.8 Å². The first kappa shape index (κ1) is 11.5. The first-order valence-electron chi connectivity index (χ1n) is 4.68. The topological polar surface area (TPSA) is 56.7 Å². The molecule has 84 valence electrons. The number of anilines is 1. The Labute approximate surface area is 106 Å². The van der Waals surface area contributed by atoms with Crippen molar-refractivity contribution in [3.8, 4) is 0 Å². The molecule has 6 heteroatoms. The van der Waals surface area contributed by atoms with Crippen LogP contribution < -0.4 is 5.73 Å². The normalized spacial score (nSPS) is 10.6. The van der Waals surface area contributed by atoms with E-state index < -0.39 is 0 Å². The van der Waals surface area contributed by atoms with Gasteiger partial charge < -0.3 is 10.3 Å². The van der Waals surface area contributed by atoms with Crippen LogP contribution in [0.2, 0.25) is 0 Å². The van der Waals surface area contributed by atoms with E-state index in [9.17, 15) is 0 Å². The van der Waals surface area contributed by atoms with Crippen LogP contribution in [0.15, 0.2) is 34.2 Å². The fraction of sp³-hybridized carbons (Fsp3) is 0.200. The van der Waals surface area contributed by atoms with Gasteiger partial charge in [0.1, 0.15) is 6.33 Å². The molecule has 2 N–H and O–H groups in total. The van der Waals surface area contributed by atoms with Gasteiger partial charge in [0.05, 0.1) is 0 Å². The Morgan fingerprint density at radius 1 is 1.50 bits per heavy atom. The number of nitrogens with zero attached hydrogens (tertiary/aromatic N) is 3. The third-order valence-electron chi connectivity index (χ3n) is 2.17. The number of benzene rings is 1. The Morgan fingerprint density at radius 2 is 2.31 bits per heavy atom. The zero-order valence-electron chi connectivity index (χ0n) is 8.72. The molecule has 0 aliphatic rings. The van der Waals surface area contributed by atoms with E-state index in [2.05, 4.69) is 26.1 Å². The summed E-state index contributed by atoms with van der Waals surface area (Å²) in [6.45, 7) is 0. The number of thioether (sulfide) groups is 1. The maximum atomic E-state index is 5.91. The molecule has 2 aromatic rings. The molecular weight excluding hydrogens is 288 g/mol. The van der Waals surface area contributed by atoms with Crippen molar-refractivity contribution >= 4 is 33.4 Å².